The third kappa shape index (κ3) is 3.58. The second-order valence-corrected chi connectivity index (χ2v) is 6.38. The van der Waals surface area contributed by atoms with Crippen LogP contribution in [0.25, 0.3) is 0 Å². The molecule has 1 unspecified atom stereocenters. The first kappa shape index (κ1) is 14.5. The normalized spacial score (nSPS) is 20.6. The van der Waals surface area contributed by atoms with Crippen LogP contribution < -0.4 is 5.32 Å². The molecule has 1 aromatic carbocycles. The first-order valence-electron chi connectivity index (χ1n) is 7.58. The van der Waals surface area contributed by atoms with Crippen LogP contribution in [0.4, 0.5) is 0 Å². The van der Waals surface area contributed by atoms with Crippen LogP contribution in [0.1, 0.15) is 50.8 Å². The van der Waals surface area contributed by atoms with Gasteiger partial charge in [-0.15, -0.1) is 0 Å². The highest BCUT2D eigenvalue weighted by molar-refractivity contribution is 5.24. The second kappa shape index (κ2) is 6.06. The van der Waals surface area contributed by atoms with Crippen LogP contribution in [0.3, 0.4) is 0 Å². The molecule has 0 saturated carbocycles. The third-order valence-electron chi connectivity index (χ3n) is 4.41. The molecule has 0 amide bonds. The summed E-state index contributed by atoms with van der Waals surface area (Å²) in [7, 11) is 0. The van der Waals surface area contributed by atoms with Gasteiger partial charge in [0.15, 0.2) is 0 Å². The van der Waals surface area contributed by atoms with Crippen molar-refractivity contribution in [3.63, 3.8) is 0 Å². The number of hydrogen-bond donors (Lipinski definition) is 1. The molecule has 1 N–H and O–H groups in total. The van der Waals surface area contributed by atoms with E-state index < -0.39 is 0 Å². The van der Waals surface area contributed by atoms with Crippen molar-refractivity contribution in [1.29, 1.82) is 0 Å². The van der Waals surface area contributed by atoms with Gasteiger partial charge in [0, 0.05) is 18.1 Å². The summed E-state index contributed by atoms with van der Waals surface area (Å²) in [6.45, 7) is 12.5. The Hall–Kier alpha value is -0.860. The molecule has 1 heterocycles. The minimum absolute atomic E-state index is 0.359. The molecule has 2 nitrogen and oxygen atoms in total. The largest absolute Gasteiger partial charge is 0.309 e. The summed E-state index contributed by atoms with van der Waals surface area (Å²) in [4.78, 5) is 2.64. The summed E-state index contributed by atoms with van der Waals surface area (Å²) in [5.41, 5.74) is 3.11. The van der Waals surface area contributed by atoms with Gasteiger partial charge in [0.05, 0.1) is 0 Å². The van der Waals surface area contributed by atoms with Crippen LogP contribution in [-0.4, -0.2) is 30.1 Å². The van der Waals surface area contributed by atoms with E-state index in [-0.39, 0.29) is 0 Å². The van der Waals surface area contributed by atoms with Crippen molar-refractivity contribution in [1.82, 2.24) is 10.2 Å². The van der Waals surface area contributed by atoms with E-state index in [1.165, 1.54) is 30.5 Å². The number of aryl methyl sites for hydroxylation is 1. The monoisotopic (exact) mass is 260 g/mol. The van der Waals surface area contributed by atoms with E-state index >= 15 is 0 Å². The maximum absolute atomic E-state index is 3.64. The lowest BCUT2D eigenvalue weighted by atomic mass is 9.99. The minimum Gasteiger partial charge on any atom is -0.309 e. The van der Waals surface area contributed by atoms with Gasteiger partial charge < -0.3 is 5.32 Å². The van der Waals surface area contributed by atoms with E-state index in [0.717, 1.165) is 13.1 Å². The fourth-order valence-electron chi connectivity index (χ4n) is 3.06. The fraction of sp³-hybridized carbons (Fsp3) is 0.647. The number of benzene rings is 1. The molecule has 1 fully saturated rings. The Morgan fingerprint density at radius 3 is 2.47 bits per heavy atom. The van der Waals surface area contributed by atoms with Crippen molar-refractivity contribution in [3.8, 4) is 0 Å². The van der Waals surface area contributed by atoms with Crippen LogP contribution in [0, 0.1) is 6.92 Å². The van der Waals surface area contributed by atoms with Gasteiger partial charge in [-0.1, -0.05) is 36.8 Å². The molecule has 0 bridgehead atoms. The summed E-state index contributed by atoms with van der Waals surface area (Å²) in [5.74, 6) is 0. The number of likely N-dealkylation sites (tertiary alicyclic amines) is 1. The minimum atomic E-state index is 0.359. The Kier molecular flexibility index (Phi) is 4.64. The maximum atomic E-state index is 3.64. The molecule has 1 aliphatic rings. The molecule has 1 atom stereocenters. The molecule has 19 heavy (non-hydrogen) atoms. The highest BCUT2D eigenvalue weighted by Gasteiger charge is 2.33. The predicted octanol–water partition coefficient (Wildman–Crippen LogP) is 3.52. The third-order valence-corrected chi connectivity index (χ3v) is 4.41. The van der Waals surface area contributed by atoms with Crippen LogP contribution >= 0.6 is 0 Å². The zero-order chi connectivity index (χ0) is 13.9. The Balaban J connectivity index is 2.10. The second-order valence-electron chi connectivity index (χ2n) is 6.38. The first-order chi connectivity index (χ1) is 9.03. The highest BCUT2D eigenvalue weighted by Crippen LogP contribution is 2.30. The maximum Gasteiger partial charge on any atom is 0.0449 e. The van der Waals surface area contributed by atoms with Crippen molar-refractivity contribution >= 4 is 0 Å². The molecule has 1 aliphatic heterocycles. The van der Waals surface area contributed by atoms with Crippen molar-refractivity contribution in [2.45, 2.75) is 52.1 Å². The molecule has 106 valence electrons. The smallest absolute Gasteiger partial charge is 0.0449 e. The van der Waals surface area contributed by atoms with Gasteiger partial charge in [0.25, 0.3) is 0 Å². The van der Waals surface area contributed by atoms with E-state index in [9.17, 15) is 0 Å². The van der Waals surface area contributed by atoms with Gasteiger partial charge in [0.2, 0.25) is 0 Å². The Bertz CT molecular complexity index is 394. The van der Waals surface area contributed by atoms with Crippen LogP contribution in [-0.2, 0) is 0 Å². The number of nitrogens with one attached hydrogen (secondary N) is 1. The van der Waals surface area contributed by atoms with E-state index in [0.29, 0.717) is 11.6 Å². The number of nitrogens with zero attached hydrogens (tertiary/aromatic N) is 1. The zero-order valence-electron chi connectivity index (χ0n) is 12.9. The van der Waals surface area contributed by atoms with Crippen molar-refractivity contribution in [2.24, 2.45) is 0 Å². The Labute approximate surface area is 118 Å². The van der Waals surface area contributed by atoms with E-state index in [1.807, 2.05) is 0 Å². The molecule has 1 saturated heterocycles. The average Bonchev–Trinajstić information content (AvgIpc) is 2.69. The summed E-state index contributed by atoms with van der Waals surface area (Å²) in [6.07, 6.45) is 2.65. The quantitative estimate of drug-likeness (QED) is 0.871. The zero-order valence-corrected chi connectivity index (χ0v) is 12.9. The summed E-state index contributed by atoms with van der Waals surface area (Å²) < 4.78 is 0. The van der Waals surface area contributed by atoms with Gasteiger partial charge in [-0.2, -0.15) is 0 Å². The van der Waals surface area contributed by atoms with Gasteiger partial charge in [0.1, 0.15) is 0 Å². The van der Waals surface area contributed by atoms with E-state index in [2.05, 4.69) is 62.2 Å². The van der Waals surface area contributed by atoms with Crippen molar-refractivity contribution in [2.75, 3.05) is 19.6 Å². The van der Waals surface area contributed by atoms with Gasteiger partial charge in [-0.25, -0.2) is 0 Å². The van der Waals surface area contributed by atoms with Gasteiger partial charge >= 0.3 is 0 Å². The standard InChI is InChI=1S/C17H28N2/c1-5-18-16(15-9-7-14(2)8-10-15)13-19-12-6-11-17(19,3)4/h7-10,16,18H,5-6,11-13H2,1-4H3. The SMILES string of the molecule is CCNC(CN1CCCC1(C)C)c1ccc(C)cc1. The van der Waals surface area contributed by atoms with Gasteiger partial charge in [-0.05, 0) is 52.3 Å². The van der Waals surface area contributed by atoms with Crippen molar-refractivity contribution < 1.29 is 0 Å². The predicted molar refractivity (Wildman–Crippen MR) is 82.5 cm³/mol. The van der Waals surface area contributed by atoms with Crippen LogP contribution in [0.5, 0.6) is 0 Å². The molecule has 0 aliphatic carbocycles. The molecule has 1 aromatic rings. The van der Waals surface area contributed by atoms with Crippen LogP contribution in [0.15, 0.2) is 24.3 Å². The number of hydrogen-bond acceptors (Lipinski definition) is 2. The number of rotatable bonds is 5. The lowest BCUT2D eigenvalue weighted by molar-refractivity contribution is 0.157. The molecular formula is C17H28N2. The van der Waals surface area contributed by atoms with E-state index in [4.69, 9.17) is 0 Å². The lowest BCUT2D eigenvalue weighted by Crippen LogP contribution is -2.43. The van der Waals surface area contributed by atoms with Crippen molar-refractivity contribution in [3.05, 3.63) is 35.4 Å². The lowest BCUT2D eigenvalue weighted by Gasteiger charge is -2.35. The average molecular weight is 260 g/mol. The molecule has 2 rings (SSSR count). The molecular weight excluding hydrogens is 232 g/mol. The summed E-state index contributed by atoms with van der Waals surface area (Å²) in [5, 5.41) is 3.64. The van der Waals surface area contributed by atoms with Gasteiger partial charge in [-0.3, -0.25) is 4.90 Å². The summed E-state index contributed by atoms with van der Waals surface area (Å²) in [6, 6.07) is 9.42. The van der Waals surface area contributed by atoms with Crippen LogP contribution in [0.2, 0.25) is 0 Å². The summed E-state index contributed by atoms with van der Waals surface area (Å²) >= 11 is 0. The number of likely N-dealkylation sites (N-methyl/N-ethyl adjacent to an activating group) is 1. The Morgan fingerprint density at radius 1 is 1.26 bits per heavy atom. The topological polar surface area (TPSA) is 15.3 Å². The van der Waals surface area contributed by atoms with E-state index in [1.54, 1.807) is 0 Å². The molecule has 0 aromatic heterocycles. The molecule has 0 radical (unpaired) electrons. The highest BCUT2D eigenvalue weighted by atomic mass is 15.2. The molecule has 2 heteroatoms. The Morgan fingerprint density at radius 2 is 1.95 bits per heavy atom. The first-order valence-corrected chi connectivity index (χ1v) is 7.58. The fourth-order valence-corrected chi connectivity index (χ4v) is 3.06. The molecule has 0 spiro atoms.